The largest absolute Gasteiger partial charge is 0.458 e. The molecule has 3 saturated heterocycles. The molecule has 3 heterocycles. The minimum atomic E-state index is -1.73. The molecule has 42 heavy (non-hydrogen) atoms. The number of rotatable bonds is 7. The van der Waals surface area contributed by atoms with Crippen molar-refractivity contribution in [1.29, 1.82) is 0 Å². The molecule has 2 spiro atoms. The van der Waals surface area contributed by atoms with Crippen molar-refractivity contribution in [3.63, 3.8) is 0 Å². The molecule has 9 aliphatic rings. The Labute approximate surface area is 246 Å². The lowest BCUT2D eigenvalue weighted by Crippen LogP contribution is -2.83. The lowest BCUT2D eigenvalue weighted by molar-refractivity contribution is -0.347. The number of hydrogen-bond acceptors (Lipinski definition) is 10. The van der Waals surface area contributed by atoms with E-state index in [1.165, 1.54) is 6.92 Å². The van der Waals surface area contributed by atoms with Gasteiger partial charge in [0.05, 0.1) is 24.0 Å². The van der Waals surface area contributed by atoms with Crippen LogP contribution < -0.4 is 0 Å². The molecule has 232 valence electrons. The van der Waals surface area contributed by atoms with Crippen molar-refractivity contribution in [2.24, 2.45) is 39.9 Å². The van der Waals surface area contributed by atoms with Crippen molar-refractivity contribution in [2.75, 3.05) is 6.54 Å². The van der Waals surface area contributed by atoms with E-state index in [2.05, 4.69) is 11.5 Å². The van der Waals surface area contributed by atoms with Crippen LogP contribution in [0.1, 0.15) is 73.6 Å². The van der Waals surface area contributed by atoms with Crippen LogP contribution in [0.3, 0.4) is 0 Å². The average molecular weight is 588 g/mol. The molecular formula is C32H45NO9. The molecule has 5 unspecified atom stereocenters. The van der Waals surface area contributed by atoms with Gasteiger partial charge in [-0.1, -0.05) is 46.8 Å². The van der Waals surface area contributed by atoms with Gasteiger partial charge in [0.25, 0.3) is 0 Å². The Bertz CT molecular complexity index is 1290. The standard InChI is InChI=1S/C32H45NO9/c1-8-14(3)25(36)41-19-12-30-21-18-11-29-10-16(5)20(24(32(29,30)39)42-26(37)15(4)9-2)22(35)31(29,38)27(30)33(18)13-28(21,7)23(19)40-17(6)34/h14-15,18-24,27,35,38-39H,5,8-13H2,1-4,6-7H3/t14?,15?,18?,19-,20+,21?,22-,23-,24-,27+,28+,29-,30-,31-,32+/m1/s1. The van der Waals surface area contributed by atoms with Crippen molar-refractivity contribution in [3.8, 4) is 0 Å². The number of nitrogens with zero attached hydrogens (tertiary/aromatic N) is 1. The molecule has 0 aromatic heterocycles. The molecule has 0 amide bonds. The first kappa shape index (κ1) is 28.7. The van der Waals surface area contributed by atoms with Crippen LogP contribution in [0, 0.1) is 39.9 Å². The van der Waals surface area contributed by atoms with Gasteiger partial charge in [-0.15, -0.1) is 0 Å². The zero-order valence-corrected chi connectivity index (χ0v) is 25.5. The van der Waals surface area contributed by atoms with Crippen molar-refractivity contribution in [3.05, 3.63) is 12.2 Å². The minimum absolute atomic E-state index is 0.0506. The van der Waals surface area contributed by atoms with Crippen molar-refractivity contribution in [2.45, 2.75) is 121 Å². The van der Waals surface area contributed by atoms with E-state index in [1.807, 2.05) is 20.8 Å². The third-order valence-electron chi connectivity index (χ3n) is 13.5. The molecule has 6 aliphatic carbocycles. The number of esters is 3. The first-order valence-corrected chi connectivity index (χ1v) is 15.8. The Morgan fingerprint density at radius 2 is 1.64 bits per heavy atom. The molecule has 10 nitrogen and oxygen atoms in total. The van der Waals surface area contributed by atoms with E-state index < -0.39 is 87.6 Å². The second-order valence-corrected chi connectivity index (χ2v) is 15.0. The summed E-state index contributed by atoms with van der Waals surface area (Å²) in [6.07, 6.45) is -2.10. The van der Waals surface area contributed by atoms with Gasteiger partial charge in [0, 0.05) is 41.7 Å². The number of piperidine rings is 2. The van der Waals surface area contributed by atoms with Gasteiger partial charge in [0.15, 0.2) is 0 Å². The Balaban J connectivity index is 1.43. The van der Waals surface area contributed by atoms with Gasteiger partial charge in [-0.2, -0.15) is 0 Å². The monoisotopic (exact) mass is 587 g/mol. The van der Waals surface area contributed by atoms with Gasteiger partial charge in [-0.25, -0.2) is 0 Å². The van der Waals surface area contributed by atoms with Crippen LogP contribution in [-0.2, 0) is 28.6 Å². The Morgan fingerprint density at radius 3 is 2.24 bits per heavy atom. The van der Waals surface area contributed by atoms with Crippen LogP contribution >= 0.6 is 0 Å². The number of aliphatic hydroxyl groups is 3. The first-order valence-electron chi connectivity index (χ1n) is 15.8. The summed E-state index contributed by atoms with van der Waals surface area (Å²) >= 11 is 0. The fourth-order valence-corrected chi connectivity index (χ4v) is 11.9. The van der Waals surface area contributed by atoms with Gasteiger partial charge in [-0.3, -0.25) is 19.3 Å². The molecule has 0 aromatic rings. The predicted octanol–water partition coefficient (Wildman–Crippen LogP) is 1.73. The van der Waals surface area contributed by atoms with Crippen LogP contribution in [-0.4, -0.2) is 92.4 Å². The molecule has 6 saturated carbocycles. The summed E-state index contributed by atoms with van der Waals surface area (Å²) in [6, 6.07) is -0.696. The molecule has 0 radical (unpaired) electrons. The molecular weight excluding hydrogens is 542 g/mol. The first-order chi connectivity index (χ1) is 19.6. The second kappa shape index (κ2) is 8.37. The van der Waals surface area contributed by atoms with E-state index >= 15 is 0 Å². The van der Waals surface area contributed by atoms with Gasteiger partial charge < -0.3 is 29.5 Å². The zero-order chi connectivity index (χ0) is 30.5. The van der Waals surface area contributed by atoms with E-state index in [1.54, 1.807) is 13.8 Å². The Morgan fingerprint density at radius 1 is 1.02 bits per heavy atom. The highest BCUT2D eigenvalue weighted by Gasteiger charge is 3.01. The molecule has 10 heteroatoms. The van der Waals surface area contributed by atoms with Crippen LogP contribution in [0.25, 0.3) is 0 Å². The molecule has 0 aromatic carbocycles. The third kappa shape index (κ3) is 2.69. The summed E-state index contributed by atoms with van der Waals surface area (Å²) in [5, 5.41) is 38.3. The van der Waals surface area contributed by atoms with Gasteiger partial charge in [0.2, 0.25) is 0 Å². The average Bonchev–Trinajstić information content (AvgIpc) is 3.36. The fourth-order valence-electron chi connectivity index (χ4n) is 11.9. The molecule has 9 fully saturated rings. The van der Waals surface area contributed by atoms with Crippen molar-refractivity contribution < 1.29 is 43.9 Å². The topological polar surface area (TPSA) is 143 Å². The van der Waals surface area contributed by atoms with Crippen LogP contribution in [0.4, 0.5) is 0 Å². The highest BCUT2D eigenvalue weighted by molar-refractivity contribution is 5.73. The smallest absolute Gasteiger partial charge is 0.309 e. The van der Waals surface area contributed by atoms with Crippen LogP contribution in [0.2, 0.25) is 0 Å². The summed E-state index contributed by atoms with van der Waals surface area (Å²) in [6.45, 7) is 15.4. The number of aliphatic hydroxyl groups excluding tert-OH is 1. The Hall–Kier alpha value is -2.01. The minimum Gasteiger partial charge on any atom is -0.458 e. The summed E-state index contributed by atoms with van der Waals surface area (Å²) in [5.74, 6) is -3.24. The molecule has 9 rings (SSSR count). The third-order valence-corrected chi connectivity index (χ3v) is 13.5. The summed E-state index contributed by atoms with van der Waals surface area (Å²) < 4.78 is 18.4. The molecule has 9 bridgehead atoms. The lowest BCUT2D eigenvalue weighted by Gasteiger charge is -2.71. The second-order valence-electron chi connectivity index (χ2n) is 15.0. The number of carbonyl (C=O) groups excluding carboxylic acids is 3. The van der Waals surface area contributed by atoms with Crippen LogP contribution in [0.15, 0.2) is 12.2 Å². The van der Waals surface area contributed by atoms with E-state index in [0.717, 1.165) is 0 Å². The van der Waals surface area contributed by atoms with E-state index in [4.69, 9.17) is 14.2 Å². The fraction of sp³-hybridized carbons (Fsp3) is 0.844. The zero-order valence-electron chi connectivity index (χ0n) is 25.5. The maximum atomic E-state index is 13.5. The highest BCUT2D eigenvalue weighted by atomic mass is 16.6. The highest BCUT2D eigenvalue weighted by Crippen LogP contribution is 2.89. The quantitative estimate of drug-likeness (QED) is 0.229. The maximum Gasteiger partial charge on any atom is 0.309 e. The predicted molar refractivity (Wildman–Crippen MR) is 147 cm³/mol. The summed E-state index contributed by atoms with van der Waals surface area (Å²) in [5.41, 5.74) is -5.74. The van der Waals surface area contributed by atoms with E-state index in [0.29, 0.717) is 37.8 Å². The number of ether oxygens (including phenoxy) is 3. The van der Waals surface area contributed by atoms with E-state index in [9.17, 15) is 29.7 Å². The van der Waals surface area contributed by atoms with Crippen molar-refractivity contribution in [1.82, 2.24) is 4.90 Å². The maximum absolute atomic E-state index is 13.5. The molecule has 3 N–H and O–H groups in total. The van der Waals surface area contributed by atoms with Gasteiger partial charge in [0.1, 0.15) is 29.5 Å². The Kier molecular flexibility index (Phi) is 5.73. The summed E-state index contributed by atoms with van der Waals surface area (Å²) in [4.78, 5) is 41.3. The molecule has 3 aliphatic heterocycles. The lowest BCUT2D eigenvalue weighted by atomic mass is 9.36. The van der Waals surface area contributed by atoms with Crippen molar-refractivity contribution >= 4 is 17.9 Å². The number of carbonyl (C=O) groups is 3. The molecule has 16 atom stereocenters. The normalized spacial score (nSPS) is 55.0. The number of fused-ring (bicyclic) bond motifs is 1. The van der Waals surface area contributed by atoms with Gasteiger partial charge in [-0.05, 0) is 38.0 Å². The van der Waals surface area contributed by atoms with Crippen LogP contribution in [0.5, 0.6) is 0 Å². The van der Waals surface area contributed by atoms with Gasteiger partial charge >= 0.3 is 17.9 Å². The summed E-state index contributed by atoms with van der Waals surface area (Å²) in [7, 11) is 0. The number of hydrogen-bond donors (Lipinski definition) is 3. The SMILES string of the molecule is C=C1C[C@@]23CC4C5[C@]6(C)CN4[C@@H]4[C@]2(O)[C@H](O)[C@H]1[C@@H](OC(=O)C(C)CC)[C@@]3(O)[C@]54C[C@@H](OC(=O)C(C)CC)[C@H]6OC(C)=O. The van der Waals surface area contributed by atoms with E-state index in [-0.39, 0.29) is 24.3 Å².